The van der Waals surface area contributed by atoms with E-state index in [9.17, 15) is 4.48 Å². The van der Waals surface area contributed by atoms with Crippen LogP contribution in [0, 0.1) is 0 Å². The first-order chi connectivity index (χ1) is 6.38. The van der Waals surface area contributed by atoms with Gasteiger partial charge in [-0.05, 0) is 18.2 Å². The molecule has 64 valence electrons. The Labute approximate surface area is 76.0 Å². The Kier molecular flexibility index (Phi) is 2.04. The summed E-state index contributed by atoms with van der Waals surface area (Å²) >= 11 is 0. The van der Waals surface area contributed by atoms with Crippen molar-refractivity contribution in [2.45, 2.75) is 0 Å². The number of pyridine rings is 1. The number of benzene rings is 1. The van der Waals surface area contributed by atoms with E-state index in [-0.39, 0.29) is 0 Å². The van der Waals surface area contributed by atoms with Crippen molar-refractivity contribution < 1.29 is 9.27 Å². The standard InChI is InChI=1S/C11H9FN/c12-13-9-5-4-8-11(13)10-6-2-1-3-7-10/h1-9H/q+1. The number of aromatic nitrogens is 1. The summed E-state index contributed by atoms with van der Waals surface area (Å²) < 4.78 is 13.2. The minimum absolute atomic E-state index is 0.572. The van der Waals surface area contributed by atoms with Gasteiger partial charge in [0.1, 0.15) is 0 Å². The zero-order valence-electron chi connectivity index (χ0n) is 7.02. The Morgan fingerprint density at radius 1 is 0.846 bits per heavy atom. The molecule has 0 aliphatic carbocycles. The van der Waals surface area contributed by atoms with Crippen LogP contribution in [-0.4, -0.2) is 0 Å². The fraction of sp³-hybridized carbons (Fsp3) is 0. The predicted octanol–water partition coefficient (Wildman–Crippen LogP) is 2.37. The summed E-state index contributed by atoms with van der Waals surface area (Å²) in [6.45, 7) is 0. The highest BCUT2D eigenvalue weighted by Gasteiger charge is 2.10. The lowest BCUT2D eigenvalue weighted by Crippen LogP contribution is -2.24. The molecule has 0 atom stereocenters. The fourth-order valence-corrected chi connectivity index (χ4v) is 1.25. The van der Waals surface area contributed by atoms with Gasteiger partial charge in [-0.3, -0.25) is 0 Å². The third kappa shape index (κ3) is 1.56. The van der Waals surface area contributed by atoms with Gasteiger partial charge in [-0.15, -0.1) is 0 Å². The van der Waals surface area contributed by atoms with Gasteiger partial charge in [0.05, 0.1) is 10.0 Å². The van der Waals surface area contributed by atoms with Crippen LogP contribution >= 0.6 is 0 Å². The van der Waals surface area contributed by atoms with Gasteiger partial charge in [0, 0.05) is 16.9 Å². The second-order valence-corrected chi connectivity index (χ2v) is 2.76. The van der Waals surface area contributed by atoms with Crippen LogP contribution in [0.1, 0.15) is 0 Å². The van der Waals surface area contributed by atoms with Crippen molar-refractivity contribution in [2.24, 2.45) is 0 Å². The zero-order chi connectivity index (χ0) is 9.10. The average Bonchev–Trinajstić information content (AvgIpc) is 2.20. The average molecular weight is 174 g/mol. The summed E-state index contributed by atoms with van der Waals surface area (Å²) in [6.07, 6.45) is 1.39. The van der Waals surface area contributed by atoms with E-state index in [1.165, 1.54) is 6.20 Å². The van der Waals surface area contributed by atoms with Crippen LogP contribution in [0.2, 0.25) is 0 Å². The van der Waals surface area contributed by atoms with E-state index in [4.69, 9.17) is 0 Å². The van der Waals surface area contributed by atoms with E-state index < -0.39 is 0 Å². The van der Waals surface area contributed by atoms with E-state index in [1.54, 1.807) is 12.1 Å². The van der Waals surface area contributed by atoms with E-state index in [1.807, 2.05) is 36.4 Å². The van der Waals surface area contributed by atoms with Crippen molar-refractivity contribution in [3.63, 3.8) is 0 Å². The molecule has 0 aliphatic rings. The topological polar surface area (TPSA) is 3.88 Å². The fourth-order valence-electron chi connectivity index (χ4n) is 1.25. The van der Waals surface area contributed by atoms with Crippen LogP contribution in [-0.2, 0) is 0 Å². The number of nitrogens with zero attached hydrogens (tertiary/aromatic N) is 1. The molecule has 0 spiro atoms. The molecule has 0 aliphatic heterocycles. The molecule has 2 heteroatoms. The summed E-state index contributed by atoms with van der Waals surface area (Å²) in [6, 6.07) is 14.7. The summed E-state index contributed by atoms with van der Waals surface area (Å²) in [5.41, 5.74) is 1.45. The monoisotopic (exact) mass is 174 g/mol. The van der Waals surface area contributed by atoms with Crippen LogP contribution in [0.25, 0.3) is 11.3 Å². The molecule has 0 bridgehead atoms. The van der Waals surface area contributed by atoms with Gasteiger partial charge in [0.15, 0.2) is 0 Å². The third-order valence-corrected chi connectivity index (χ3v) is 1.88. The lowest BCUT2D eigenvalue weighted by atomic mass is 10.1. The van der Waals surface area contributed by atoms with Gasteiger partial charge in [0.25, 0.3) is 5.69 Å². The molecule has 1 nitrogen and oxygen atoms in total. The maximum absolute atomic E-state index is 13.2. The molecule has 0 saturated carbocycles. The van der Waals surface area contributed by atoms with Crippen LogP contribution < -0.4 is 4.79 Å². The first-order valence-electron chi connectivity index (χ1n) is 4.10. The zero-order valence-corrected chi connectivity index (χ0v) is 7.02. The number of rotatable bonds is 1. The molecular weight excluding hydrogens is 165 g/mol. The molecule has 0 unspecified atom stereocenters. The Balaban J connectivity index is 2.54. The molecule has 0 radical (unpaired) electrons. The van der Waals surface area contributed by atoms with Crippen LogP contribution in [0.4, 0.5) is 4.48 Å². The molecular formula is C11H9FN+. The van der Waals surface area contributed by atoms with Gasteiger partial charge < -0.3 is 0 Å². The van der Waals surface area contributed by atoms with Crippen molar-refractivity contribution in [3.8, 4) is 11.3 Å². The molecule has 1 aromatic carbocycles. The Hall–Kier alpha value is -1.70. The quantitative estimate of drug-likeness (QED) is 0.625. The Morgan fingerprint density at radius 2 is 1.54 bits per heavy atom. The number of halogens is 1. The molecule has 0 amide bonds. The first kappa shape index (κ1) is 7.92. The maximum atomic E-state index is 13.2. The van der Waals surface area contributed by atoms with Gasteiger partial charge in [-0.2, -0.15) is 0 Å². The van der Waals surface area contributed by atoms with Crippen LogP contribution in [0.5, 0.6) is 0 Å². The molecule has 1 aromatic heterocycles. The summed E-state index contributed by atoms with van der Waals surface area (Å²) in [4.78, 5) is 0.620. The van der Waals surface area contributed by atoms with E-state index in [0.29, 0.717) is 10.5 Å². The Morgan fingerprint density at radius 3 is 2.23 bits per heavy atom. The highest BCUT2D eigenvalue weighted by molar-refractivity contribution is 5.55. The molecule has 2 rings (SSSR count). The summed E-state index contributed by atoms with van der Waals surface area (Å²) in [5.74, 6) is 0. The molecule has 0 N–H and O–H groups in total. The SMILES string of the molecule is F[n+]1ccccc1-c1ccccc1. The highest BCUT2D eigenvalue weighted by atomic mass is 19.2. The second kappa shape index (κ2) is 3.35. The second-order valence-electron chi connectivity index (χ2n) is 2.76. The minimum atomic E-state index is 0.572. The van der Waals surface area contributed by atoms with Crippen LogP contribution in [0.15, 0.2) is 54.7 Å². The maximum Gasteiger partial charge on any atom is 0.260 e. The number of hydrogen-bond acceptors (Lipinski definition) is 0. The van der Waals surface area contributed by atoms with Gasteiger partial charge in [-0.1, -0.05) is 18.2 Å². The van der Waals surface area contributed by atoms with Crippen molar-refractivity contribution in [3.05, 3.63) is 54.7 Å². The van der Waals surface area contributed by atoms with Crippen molar-refractivity contribution in [2.75, 3.05) is 0 Å². The third-order valence-electron chi connectivity index (χ3n) is 1.88. The van der Waals surface area contributed by atoms with Crippen LogP contribution in [0.3, 0.4) is 0 Å². The van der Waals surface area contributed by atoms with Crippen molar-refractivity contribution in [1.29, 1.82) is 0 Å². The van der Waals surface area contributed by atoms with E-state index >= 15 is 0 Å². The van der Waals surface area contributed by atoms with Gasteiger partial charge >= 0.3 is 0 Å². The molecule has 0 saturated heterocycles. The summed E-state index contributed by atoms with van der Waals surface area (Å²) in [7, 11) is 0. The van der Waals surface area contributed by atoms with Gasteiger partial charge in [0.2, 0.25) is 6.20 Å². The predicted molar refractivity (Wildman–Crippen MR) is 48.6 cm³/mol. The largest absolute Gasteiger partial charge is 0.260 e. The molecule has 2 aromatic rings. The molecule has 0 fully saturated rings. The summed E-state index contributed by atoms with van der Waals surface area (Å²) in [5, 5.41) is 0. The van der Waals surface area contributed by atoms with E-state index in [0.717, 1.165) is 5.56 Å². The van der Waals surface area contributed by atoms with Gasteiger partial charge in [-0.25, -0.2) is 0 Å². The normalized spacial score (nSPS) is 9.92. The van der Waals surface area contributed by atoms with Crippen molar-refractivity contribution >= 4 is 0 Å². The lowest BCUT2D eigenvalue weighted by Gasteiger charge is -1.93. The first-order valence-corrected chi connectivity index (χ1v) is 4.10. The highest BCUT2D eigenvalue weighted by Crippen LogP contribution is 2.13. The Bertz CT molecular complexity index is 398. The lowest BCUT2D eigenvalue weighted by molar-refractivity contribution is -0.834. The smallest absolute Gasteiger partial charge is 0.0622 e. The van der Waals surface area contributed by atoms with Crippen molar-refractivity contribution in [1.82, 2.24) is 0 Å². The number of hydrogen-bond donors (Lipinski definition) is 0. The molecule has 13 heavy (non-hydrogen) atoms. The van der Waals surface area contributed by atoms with E-state index in [2.05, 4.69) is 0 Å². The molecule has 1 heterocycles. The minimum Gasteiger partial charge on any atom is -0.0622 e.